The number of likely N-dealkylation sites (tertiary alicyclic amines) is 1. The topological polar surface area (TPSA) is 73.1 Å². The molecule has 3 aromatic carbocycles. The molecule has 0 N–H and O–H groups in total. The molecule has 2 aliphatic rings. The zero-order valence-corrected chi connectivity index (χ0v) is 20.9. The SMILES string of the molecule is Cc1ccc(-c2cccc(C#N)c2)c(C(=O)N2CC3CC(C2)CN(c2cnc4cc(F)c(F)cc4n2)C3)c1. The van der Waals surface area contributed by atoms with Gasteiger partial charge in [0.1, 0.15) is 5.82 Å². The van der Waals surface area contributed by atoms with Crippen LogP contribution in [0.4, 0.5) is 14.6 Å². The molecule has 6 nitrogen and oxygen atoms in total. The van der Waals surface area contributed by atoms with Gasteiger partial charge in [0.05, 0.1) is 28.9 Å². The number of hydrogen-bond acceptors (Lipinski definition) is 5. The van der Waals surface area contributed by atoms with Gasteiger partial charge in [-0.25, -0.2) is 13.8 Å². The molecule has 3 heterocycles. The first-order chi connectivity index (χ1) is 18.4. The lowest BCUT2D eigenvalue weighted by Crippen LogP contribution is -2.54. The lowest BCUT2D eigenvalue weighted by molar-refractivity contribution is 0.0565. The monoisotopic (exact) mass is 509 g/mol. The Hall–Kier alpha value is -4.38. The van der Waals surface area contributed by atoms with E-state index in [9.17, 15) is 18.8 Å². The molecule has 0 saturated carbocycles. The quantitative estimate of drug-likeness (QED) is 0.372. The number of fused-ring (bicyclic) bond motifs is 3. The molecule has 0 aliphatic carbocycles. The molecule has 2 saturated heterocycles. The van der Waals surface area contributed by atoms with Crippen molar-refractivity contribution in [3.05, 3.63) is 89.1 Å². The average molecular weight is 510 g/mol. The Morgan fingerprint density at radius 2 is 1.71 bits per heavy atom. The largest absolute Gasteiger partial charge is 0.355 e. The van der Waals surface area contributed by atoms with Gasteiger partial charge in [-0.1, -0.05) is 29.8 Å². The van der Waals surface area contributed by atoms with Crippen molar-refractivity contribution in [3.63, 3.8) is 0 Å². The van der Waals surface area contributed by atoms with Crippen LogP contribution in [0.3, 0.4) is 0 Å². The number of piperidine rings is 2. The van der Waals surface area contributed by atoms with E-state index in [1.807, 2.05) is 48.2 Å². The standard InChI is InChI=1S/C30H25F2N5O/c1-18-5-6-23(22-4-2-3-19(9-22)12-33)24(7-18)30(38)37-16-20-8-21(17-37)15-36(14-20)29-13-34-27-10-25(31)26(32)11-28(27)35-29/h2-7,9-11,13,20-21H,8,14-17H2,1H3. The number of aromatic nitrogens is 2. The lowest BCUT2D eigenvalue weighted by Gasteiger charge is -2.46. The summed E-state index contributed by atoms with van der Waals surface area (Å²) in [5.41, 5.74) is 4.51. The Bertz CT molecular complexity index is 1600. The summed E-state index contributed by atoms with van der Waals surface area (Å²) in [6.45, 7) is 4.63. The Balaban J connectivity index is 1.24. The third-order valence-corrected chi connectivity index (χ3v) is 7.47. The molecule has 2 unspecified atom stereocenters. The number of benzene rings is 3. The number of carbonyl (C=O) groups excluding carboxylic acids is 1. The van der Waals surface area contributed by atoms with Gasteiger partial charge < -0.3 is 9.80 Å². The van der Waals surface area contributed by atoms with Crippen molar-refractivity contribution in [2.45, 2.75) is 13.3 Å². The fraction of sp³-hybridized carbons (Fsp3) is 0.267. The van der Waals surface area contributed by atoms with Crippen LogP contribution in [0, 0.1) is 41.7 Å². The summed E-state index contributed by atoms with van der Waals surface area (Å²) >= 11 is 0. The average Bonchev–Trinajstić information content (AvgIpc) is 2.92. The van der Waals surface area contributed by atoms with Gasteiger partial charge in [0.2, 0.25) is 0 Å². The number of anilines is 1. The first-order valence-corrected chi connectivity index (χ1v) is 12.6. The molecule has 38 heavy (non-hydrogen) atoms. The summed E-state index contributed by atoms with van der Waals surface area (Å²) in [5, 5.41) is 9.34. The van der Waals surface area contributed by atoms with Gasteiger partial charge in [0, 0.05) is 43.9 Å². The van der Waals surface area contributed by atoms with E-state index in [2.05, 4.69) is 20.9 Å². The predicted molar refractivity (Wildman–Crippen MR) is 140 cm³/mol. The summed E-state index contributed by atoms with van der Waals surface area (Å²) in [4.78, 5) is 26.8. The van der Waals surface area contributed by atoms with E-state index in [0.717, 1.165) is 35.2 Å². The van der Waals surface area contributed by atoms with E-state index in [1.165, 1.54) is 0 Å². The molecule has 190 valence electrons. The van der Waals surface area contributed by atoms with Gasteiger partial charge in [0.15, 0.2) is 11.6 Å². The number of nitrogens with zero attached hydrogens (tertiary/aromatic N) is 5. The van der Waals surface area contributed by atoms with Gasteiger partial charge in [0.25, 0.3) is 5.91 Å². The van der Waals surface area contributed by atoms with Gasteiger partial charge in [-0.2, -0.15) is 5.26 Å². The molecule has 0 radical (unpaired) electrons. The molecule has 2 fully saturated rings. The number of rotatable bonds is 3. The lowest BCUT2D eigenvalue weighted by atomic mass is 9.84. The van der Waals surface area contributed by atoms with Gasteiger partial charge >= 0.3 is 0 Å². The van der Waals surface area contributed by atoms with E-state index >= 15 is 0 Å². The van der Waals surface area contributed by atoms with Crippen LogP contribution < -0.4 is 4.90 Å². The summed E-state index contributed by atoms with van der Waals surface area (Å²) < 4.78 is 27.3. The molecule has 0 spiro atoms. The fourth-order valence-corrected chi connectivity index (χ4v) is 5.80. The second-order valence-corrected chi connectivity index (χ2v) is 10.3. The molecule has 2 atom stereocenters. The van der Waals surface area contributed by atoms with Crippen molar-refractivity contribution in [3.8, 4) is 17.2 Å². The molecule has 4 aromatic rings. The van der Waals surface area contributed by atoms with Crippen LogP contribution in [0.1, 0.15) is 27.9 Å². The highest BCUT2D eigenvalue weighted by Gasteiger charge is 2.37. The predicted octanol–water partition coefficient (Wildman–Crippen LogP) is 5.35. The van der Waals surface area contributed by atoms with Crippen LogP contribution in [0.25, 0.3) is 22.2 Å². The van der Waals surface area contributed by atoms with Crippen molar-refractivity contribution >= 4 is 22.8 Å². The van der Waals surface area contributed by atoms with E-state index in [1.54, 1.807) is 12.3 Å². The van der Waals surface area contributed by atoms with E-state index in [4.69, 9.17) is 0 Å². The Morgan fingerprint density at radius 3 is 2.45 bits per heavy atom. The number of nitriles is 1. The van der Waals surface area contributed by atoms with Crippen LogP contribution in [0.15, 0.2) is 60.8 Å². The molecular weight excluding hydrogens is 484 g/mol. The smallest absolute Gasteiger partial charge is 0.254 e. The minimum absolute atomic E-state index is 0.00258. The van der Waals surface area contributed by atoms with Gasteiger partial charge in [-0.3, -0.25) is 9.78 Å². The Morgan fingerprint density at radius 1 is 0.974 bits per heavy atom. The van der Waals surface area contributed by atoms with Crippen molar-refractivity contribution in [2.24, 2.45) is 11.8 Å². The van der Waals surface area contributed by atoms with Crippen LogP contribution in [-0.2, 0) is 0 Å². The van der Waals surface area contributed by atoms with Crippen molar-refractivity contribution in [1.29, 1.82) is 5.26 Å². The number of carbonyl (C=O) groups is 1. The van der Waals surface area contributed by atoms with E-state index in [0.29, 0.717) is 54.2 Å². The minimum atomic E-state index is -0.941. The van der Waals surface area contributed by atoms with Crippen molar-refractivity contribution in [2.75, 3.05) is 31.1 Å². The zero-order valence-electron chi connectivity index (χ0n) is 20.9. The van der Waals surface area contributed by atoms with Crippen LogP contribution in [0.5, 0.6) is 0 Å². The molecule has 6 rings (SSSR count). The summed E-state index contributed by atoms with van der Waals surface area (Å²) in [6.07, 6.45) is 2.63. The highest BCUT2D eigenvalue weighted by atomic mass is 19.2. The molecule has 1 amide bonds. The number of halogens is 2. The highest BCUT2D eigenvalue weighted by molar-refractivity contribution is 6.01. The normalized spacial score (nSPS) is 18.9. The fourth-order valence-electron chi connectivity index (χ4n) is 5.80. The van der Waals surface area contributed by atoms with E-state index < -0.39 is 11.6 Å². The third-order valence-electron chi connectivity index (χ3n) is 7.47. The third kappa shape index (κ3) is 4.45. The minimum Gasteiger partial charge on any atom is -0.355 e. The number of amides is 1. The van der Waals surface area contributed by atoms with Gasteiger partial charge in [-0.15, -0.1) is 0 Å². The van der Waals surface area contributed by atoms with Crippen molar-refractivity contribution in [1.82, 2.24) is 14.9 Å². The Labute approximate surface area is 219 Å². The maximum absolute atomic E-state index is 13.8. The van der Waals surface area contributed by atoms with Gasteiger partial charge in [-0.05, 0) is 54.5 Å². The summed E-state index contributed by atoms with van der Waals surface area (Å²) in [6, 6.07) is 17.5. The molecule has 1 aromatic heterocycles. The van der Waals surface area contributed by atoms with Crippen LogP contribution >= 0.6 is 0 Å². The molecule has 8 heteroatoms. The number of hydrogen-bond donors (Lipinski definition) is 0. The van der Waals surface area contributed by atoms with Crippen molar-refractivity contribution < 1.29 is 13.6 Å². The zero-order chi connectivity index (χ0) is 26.4. The summed E-state index contributed by atoms with van der Waals surface area (Å²) in [7, 11) is 0. The first kappa shape index (κ1) is 24.0. The second kappa shape index (κ2) is 9.49. The van der Waals surface area contributed by atoms with E-state index in [-0.39, 0.29) is 17.7 Å². The maximum Gasteiger partial charge on any atom is 0.254 e. The molecule has 2 aliphatic heterocycles. The molecule has 2 bridgehead atoms. The first-order valence-electron chi connectivity index (χ1n) is 12.6. The Kier molecular flexibility index (Phi) is 5.99. The molecular formula is C30H25F2N5O. The van der Waals surface area contributed by atoms with Crippen LogP contribution in [-0.4, -0.2) is 47.0 Å². The number of aryl methyl sites for hydroxylation is 1. The maximum atomic E-state index is 13.8. The highest BCUT2D eigenvalue weighted by Crippen LogP contribution is 2.34. The summed E-state index contributed by atoms with van der Waals surface area (Å²) in [5.74, 6) is -0.739. The van der Waals surface area contributed by atoms with Crippen LogP contribution in [0.2, 0.25) is 0 Å². The second-order valence-electron chi connectivity index (χ2n) is 10.3.